The van der Waals surface area contributed by atoms with Gasteiger partial charge in [0.15, 0.2) is 5.11 Å². The Labute approximate surface area is 104 Å². The Morgan fingerprint density at radius 1 is 1.50 bits per heavy atom. The van der Waals surface area contributed by atoms with Gasteiger partial charge in [0.05, 0.1) is 10.6 Å². The van der Waals surface area contributed by atoms with Gasteiger partial charge in [-0.15, -0.1) is 0 Å². The normalized spacial score (nSPS) is 9.69. The van der Waals surface area contributed by atoms with Crippen molar-refractivity contribution in [3.63, 3.8) is 0 Å². The maximum Gasteiger partial charge on any atom is 0.254 e. The number of amides is 1. The molecule has 0 aromatic heterocycles. The second-order valence-electron chi connectivity index (χ2n) is 3.38. The summed E-state index contributed by atoms with van der Waals surface area (Å²) in [5, 5.41) is 3.26. The summed E-state index contributed by atoms with van der Waals surface area (Å²) in [6.45, 7) is 0. The number of benzene rings is 1. The third-order valence-corrected chi connectivity index (χ3v) is 2.29. The van der Waals surface area contributed by atoms with Gasteiger partial charge in [-0.1, -0.05) is 11.6 Å². The third-order valence-electron chi connectivity index (χ3n) is 1.87. The van der Waals surface area contributed by atoms with E-state index in [2.05, 4.69) is 5.32 Å². The van der Waals surface area contributed by atoms with Gasteiger partial charge < -0.3 is 16.0 Å². The van der Waals surface area contributed by atoms with E-state index in [1.807, 2.05) is 0 Å². The number of rotatable bonds is 2. The van der Waals surface area contributed by atoms with Crippen molar-refractivity contribution in [2.75, 3.05) is 19.4 Å². The van der Waals surface area contributed by atoms with Crippen LogP contribution in [0.2, 0.25) is 5.02 Å². The van der Waals surface area contributed by atoms with Crippen LogP contribution in [0.5, 0.6) is 0 Å². The number of carbonyl (C=O) groups excluding carboxylic acids is 1. The van der Waals surface area contributed by atoms with Crippen LogP contribution in [-0.4, -0.2) is 30.0 Å². The molecule has 0 aliphatic heterocycles. The lowest BCUT2D eigenvalue weighted by molar-refractivity contribution is 0.0828. The summed E-state index contributed by atoms with van der Waals surface area (Å²) in [5.74, 6) is -0.146. The van der Waals surface area contributed by atoms with E-state index in [0.29, 0.717) is 16.3 Å². The average molecular weight is 258 g/mol. The Balaban J connectivity index is 3.00. The predicted molar refractivity (Wildman–Crippen MR) is 69.9 cm³/mol. The van der Waals surface area contributed by atoms with E-state index < -0.39 is 0 Å². The van der Waals surface area contributed by atoms with E-state index >= 15 is 0 Å². The van der Waals surface area contributed by atoms with Gasteiger partial charge in [-0.25, -0.2) is 0 Å². The predicted octanol–water partition coefficient (Wildman–Crippen LogP) is 1.70. The number of hydrogen-bond acceptors (Lipinski definition) is 2. The highest BCUT2D eigenvalue weighted by atomic mass is 35.5. The van der Waals surface area contributed by atoms with Gasteiger partial charge in [-0.3, -0.25) is 4.79 Å². The largest absolute Gasteiger partial charge is 0.376 e. The minimum Gasteiger partial charge on any atom is -0.376 e. The fraction of sp³-hybridized carbons (Fsp3) is 0.200. The highest BCUT2D eigenvalue weighted by Gasteiger charge is 2.12. The Hall–Kier alpha value is -1.33. The first-order chi connectivity index (χ1) is 7.41. The van der Waals surface area contributed by atoms with Gasteiger partial charge in [0.25, 0.3) is 5.91 Å². The molecule has 0 spiro atoms. The average Bonchev–Trinajstić information content (AvgIpc) is 2.15. The number of nitrogens with one attached hydrogen (secondary N) is 1. The first-order valence-electron chi connectivity index (χ1n) is 4.49. The second-order valence-corrected chi connectivity index (χ2v) is 4.23. The van der Waals surface area contributed by atoms with Crippen molar-refractivity contribution in [2.24, 2.45) is 5.73 Å². The first kappa shape index (κ1) is 12.7. The molecule has 1 rings (SSSR count). The van der Waals surface area contributed by atoms with Crippen LogP contribution < -0.4 is 11.1 Å². The molecule has 6 heteroatoms. The molecule has 16 heavy (non-hydrogen) atoms. The standard InChI is InChI=1S/C10H12ClN3OS/c1-14(2)9(15)7-4-3-6(5-8(7)11)13-10(12)16/h3-5H,1-2H3,(H3,12,13,16). The van der Waals surface area contributed by atoms with Crippen LogP contribution in [0, 0.1) is 0 Å². The Kier molecular flexibility index (Phi) is 4.09. The van der Waals surface area contributed by atoms with E-state index in [9.17, 15) is 4.79 Å². The third kappa shape index (κ3) is 3.08. The molecule has 4 nitrogen and oxygen atoms in total. The van der Waals surface area contributed by atoms with Crippen molar-refractivity contribution in [3.05, 3.63) is 28.8 Å². The molecule has 0 atom stereocenters. The molecule has 0 aliphatic rings. The number of halogens is 1. The van der Waals surface area contributed by atoms with Crippen LogP contribution in [0.3, 0.4) is 0 Å². The van der Waals surface area contributed by atoms with Gasteiger partial charge in [-0.2, -0.15) is 0 Å². The molecule has 0 heterocycles. The summed E-state index contributed by atoms with van der Waals surface area (Å²) in [5.41, 5.74) is 6.43. The fourth-order valence-electron chi connectivity index (χ4n) is 1.15. The molecular weight excluding hydrogens is 246 g/mol. The van der Waals surface area contributed by atoms with Crippen LogP contribution in [0.25, 0.3) is 0 Å². The van der Waals surface area contributed by atoms with Crippen molar-refractivity contribution in [3.8, 4) is 0 Å². The zero-order valence-corrected chi connectivity index (χ0v) is 10.5. The van der Waals surface area contributed by atoms with E-state index in [1.54, 1.807) is 32.3 Å². The number of nitrogens with zero attached hydrogens (tertiary/aromatic N) is 1. The van der Waals surface area contributed by atoms with E-state index in [4.69, 9.17) is 29.6 Å². The molecule has 0 fully saturated rings. The van der Waals surface area contributed by atoms with Crippen molar-refractivity contribution < 1.29 is 4.79 Å². The van der Waals surface area contributed by atoms with Crippen LogP contribution in [0.4, 0.5) is 5.69 Å². The number of nitrogens with two attached hydrogens (primary N) is 1. The lowest BCUT2D eigenvalue weighted by atomic mass is 10.2. The van der Waals surface area contributed by atoms with Crippen LogP contribution in [-0.2, 0) is 0 Å². The quantitative estimate of drug-likeness (QED) is 0.792. The van der Waals surface area contributed by atoms with Crippen LogP contribution >= 0.6 is 23.8 Å². The van der Waals surface area contributed by atoms with E-state index in [-0.39, 0.29) is 11.0 Å². The second kappa shape index (κ2) is 5.14. The number of carbonyl (C=O) groups is 1. The fourth-order valence-corrected chi connectivity index (χ4v) is 1.53. The molecule has 0 saturated carbocycles. The minimum atomic E-state index is -0.146. The van der Waals surface area contributed by atoms with Crippen molar-refractivity contribution in [2.45, 2.75) is 0 Å². The molecule has 3 N–H and O–H groups in total. The van der Waals surface area contributed by atoms with Gasteiger partial charge >= 0.3 is 0 Å². The summed E-state index contributed by atoms with van der Waals surface area (Å²) in [7, 11) is 3.33. The Bertz CT molecular complexity index is 434. The summed E-state index contributed by atoms with van der Waals surface area (Å²) in [4.78, 5) is 13.1. The molecule has 1 aromatic rings. The number of thiocarbonyl (C=S) groups is 1. The lowest BCUT2D eigenvalue weighted by Gasteiger charge is -2.12. The molecule has 1 amide bonds. The highest BCUT2D eigenvalue weighted by molar-refractivity contribution is 7.80. The summed E-state index contributed by atoms with van der Waals surface area (Å²) >= 11 is 10.7. The maximum atomic E-state index is 11.7. The zero-order chi connectivity index (χ0) is 12.3. The molecule has 0 radical (unpaired) electrons. The van der Waals surface area contributed by atoms with Gasteiger partial charge in [0.1, 0.15) is 0 Å². The molecule has 0 unspecified atom stereocenters. The highest BCUT2D eigenvalue weighted by Crippen LogP contribution is 2.21. The molecular formula is C10H12ClN3OS. The molecule has 86 valence electrons. The smallest absolute Gasteiger partial charge is 0.254 e. The molecule has 0 aliphatic carbocycles. The summed E-state index contributed by atoms with van der Waals surface area (Å²) in [6, 6.07) is 4.94. The van der Waals surface area contributed by atoms with Crippen molar-refractivity contribution in [1.82, 2.24) is 4.90 Å². The maximum absolute atomic E-state index is 11.7. The van der Waals surface area contributed by atoms with Crippen LogP contribution in [0.15, 0.2) is 18.2 Å². The van der Waals surface area contributed by atoms with E-state index in [0.717, 1.165) is 0 Å². The summed E-state index contributed by atoms with van der Waals surface area (Å²) in [6.07, 6.45) is 0. The lowest BCUT2D eigenvalue weighted by Crippen LogP contribution is -2.22. The van der Waals surface area contributed by atoms with Crippen molar-refractivity contribution >= 4 is 40.5 Å². The van der Waals surface area contributed by atoms with Gasteiger partial charge in [0.2, 0.25) is 0 Å². The number of anilines is 1. The van der Waals surface area contributed by atoms with Gasteiger partial charge in [0, 0.05) is 19.8 Å². The zero-order valence-electron chi connectivity index (χ0n) is 8.95. The van der Waals surface area contributed by atoms with Crippen molar-refractivity contribution in [1.29, 1.82) is 0 Å². The Morgan fingerprint density at radius 3 is 2.56 bits per heavy atom. The molecule has 0 saturated heterocycles. The topological polar surface area (TPSA) is 58.4 Å². The van der Waals surface area contributed by atoms with Gasteiger partial charge in [-0.05, 0) is 30.4 Å². The monoisotopic (exact) mass is 257 g/mol. The number of hydrogen-bond donors (Lipinski definition) is 2. The Morgan fingerprint density at radius 2 is 2.12 bits per heavy atom. The van der Waals surface area contributed by atoms with E-state index in [1.165, 1.54) is 4.90 Å². The first-order valence-corrected chi connectivity index (χ1v) is 5.28. The summed E-state index contributed by atoms with van der Waals surface area (Å²) < 4.78 is 0. The SMILES string of the molecule is CN(C)C(=O)c1ccc(NC(N)=S)cc1Cl. The van der Waals surface area contributed by atoms with Crippen LogP contribution in [0.1, 0.15) is 10.4 Å². The molecule has 1 aromatic carbocycles. The minimum absolute atomic E-state index is 0.146. The molecule has 0 bridgehead atoms.